The number of thiophene rings is 1. The largest absolute Gasteiger partial charge is 0.366 e. The van der Waals surface area contributed by atoms with E-state index in [-0.39, 0.29) is 23.0 Å². The van der Waals surface area contributed by atoms with Crippen LogP contribution in [-0.4, -0.2) is 39.9 Å². The van der Waals surface area contributed by atoms with Gasteiger partial charge in [-0.05, 0) is 38.0 Å². The first kappa shape index (κ1) is 19.1. The highest BCUT2D eigenvalue weighted by atomic mass is 32.1. The standard InChI is InChI=1S/C19H19N5O4S/c1-11-2-3-17(29-11)19(26)22-12-4-6-23(7-5-12)15-9-14-13(8-16(15)24(27)28)18(25)21-10-20-14/h2-3,8-10,12H,4-7H2,1H3,(H,22,26)(H,20,21,25). The molecule has 1 fully saturated rings. The summed E-state index contributed by atoms with van der Waals surface area (Å²) in [5, 5.41) is 14.8. The lowest BCUT2D eigenvalue weighted by Crippen LogP contribution is -2.44. The summed E-state index contributed by atoms with van der Waals surface area (Å²) < 4.78 is 0. The van der Waals surface area contributed by atoms with Crippen LogP contribution in [-0.2, 0) is 0 Å². The zero-order valence-electron chi connectivity index (χ0n) is 15.7. The first-order chi connectivity index (χ1) is 13.9. The Morgan fingerprint density at radius 2 is 2.10 bits per heavy atom. The Morgan fingerprint density at radius 1 is 1.34 bits per heavy atom. The maximum Gasteiger partial charge on any atom is 0.293 e. The molecular weight excluding hydrogens is 394 g/mol. The van der Waals surface area contributed by atoms with E-state index in [1.165, 1.54) is 23.7 Å². The maximum atomic E-state index is 12.4. The van der Waals surface area contributed by atoms with Gasteiger partial charge in [-0.3, -0.25) is 19.7 Å². The number of anilines is 1. The molecule has 4 rings (SSSR count). The van der Waals surface area contributed by atoms with Crippen molar-refractivity contribution in [3.63, 3.8) is 0 Å². The van der Waals surface area contributed by atoms with Crippen molar-refractivity contribution in [2.75, 3.05) is 18.0 Å². The average molecular weight is 413 g/mol. The number of carbonyl (C=O) groups excluding carboxylic acids is 1. The molecular formula is C19H19N5O4S. The molecule has 0 unspecified atom stereocenters. The number of H-pyrrole nitrogens is 1. The number of carbonyl (C=O) groups is 1. The fourth-order valence-electron chi connectivity index (χ4n) is 3.57. The number of aromatic amines is 1. The number of benzene rings is 1. The lowest BCUT2D eigenvalue weighted by molar-refractivity contribution is -0.384. The van der Waals surface area contributed by atoms with E-state index in [9.17, 15) is 19.7 Å². The molecule has 1 aliphatic rings. The van der Waals surface area contributed by atoms with Crippen molar-refractivity contribution in [3.8, 4) is 0 Å². The van der Waals surface area contributed by atoms with Crippen molar-refractivity contribution in [3.05, 3.63) is 60.8 Å². The summed E-state index contributed by atoms with van der Waals surface area (Å²) in [6.45, 7) is 3.08. The number of aryl methyl sites for hydroxylation is 1. The summed E-state index contributed by atoms with van der Waals surface area (Å²) in [6.07, 6.45) is 2.64. The van der Waals surface area contributed by atoms with Crippen LogP contribution in [0.25, 0.3) is 10.9 Å². The number of rotatable bonds is 4. The molecule has 2 aromatic heterocycles. The minimum Gasteiger partial charge on any atom is -0.366 e. The van der Waals surface area contributed by atoms with E-state index in [0.717, 1.165) is 4.88 Å². The highest BCUT2D eigenvalue weighted by Gasteiger charge is 2.27. The molecule has 0 radical (unpaired) electrons. The van der Waals surface area contributed by atoms with Crippen LogP contribution in [0.3, 0.4) is 0 Å². The lowest BCUT2D eigenvalue weighted by Gasteiger charge is -2.33. The minimum absolute atomic E-state index is 0.0154. The number of aromatic nitrogens is 2. The first-order valence-electron chi connectivity index (χ1n) is 9.20. The summed E-state index contributed by atoms with van der Waals surface area (Å²) in [6, 6.07) is 6.62. The summed E-state index contributed by atoms with van der Waals surface area (Å²) in [5.41, 5.74) is 0.333. The van der Waals surface area contributed by atoms with Gasteiger partial charge in [0.15, 0.2) is 0 Å². The Kier molecular flexibility index (Phi) is 5.01. The fourth-order valence-corrected chi connectivity index (χ4v) is 4.34. The molecule has 10 heteroatoms. The monoisotopic (exact) mass is 413 g/mol. The fraction of sp³-hybridized carbons (Fsp3) is 0.316. The Hall–Kier alpha value is -3.27. The van der Waals surface area contributed by atoms with Crippen LogP contribution in [0.4, 0.5) is 11.4 Å². The Labute approximate surface area is 169 Å². The molecule has 1 saturated heterocycles. The molecule has 0 aliphatic carbocycles. The van der Waals surface area contributed by atoms with Crippen LogP contribution in [0.15, 0.2) is 35.4 Å². The smallest absolute Gasteiger partial charge is 0.293 e. The average Bonchev–Trinajstić information content (AvgIpc) is 3.14. The predicted octanol–water partition coefficient (Wildman–Crippen LogP) is 2.60. The van der Waals surface area contributed by atoms with Gasteiger partial charge in [0.05, 0.1) is 27.0 Å². The molecule has 0 saturated carbocycles. The second-order valence-electron chi connectivity index (χ2n) is 6.99. The van der Waals surface area contributed by atoms with Crippen molar-refractivity contribution >= 4 is 39.5 Å². The molecule has 1 aliphatic heterocycles. The molecule has 0 atom stereocenters. The zero-order chi connectivity index (χ0) is 20.5. The molecule has 3 aromatic rings. The molecule has 29 heavy (non-hydrogen) atoms. The van der Waals surface area contributed by atoms with Gasteiger partial charge in [0.25, 0.3) is 17.2 Å². The summed E-state index contributed by atoms with van der Waals surface area (Å²) in [7, 11) is 0. The van der Waals surface area contributed by atoms with E-state index < -0.39 is 10.5 Å². The van der Waals surface area contributed by atoms with Gasteiger partial charge in [0, 0.05) is 30.1 Å². The number of fused-ring (bicyclic) bond motifs is 1. The SMILES string of the molecule is Cc1ccc(C(=O)NC2CCN(c3cc4nc[nH]c(=O)c4cc3[N+](=O)[O-])CC2)s1. The van der Waals surface area contributed by atoms with Crippen LogP contribution < -0.4 is 15.8 Å². The normalized spacial score (nSPS) is 14.9. The number of piperidine rings is 1. The van der Waals surface area contributed by atoms with E-state index in [1.807, 2.05) is 24.0 Å². The molecule has 3 heterocycles. The Balaban J connectivity index is 1.51. The molecule has 2 N–H and O–H groups in total. The van der Waals surface area contributed by atoms with Gasteiger partial charge in [-0.15, -0.1) is 11.3 Å². The van der Waals surface area contributed by atoms with Crippen LogP contribution in [0.1, 0.15) is 27.4 Å². The van der Waals surface area contributed by atoms with Crippen LogP contribution in [0.2, 0.25) is 0 Å². The molecule has 1 amide bonds. The highest BCUT2D eigenvalue weighted by molar-refractivity contribution is 7.13. The molecule has 150 valence electrons. The van der Waals surface area contributed by atoms with E-state index in [1.54, 1.807) is 6.07 Å². The molecule has 0 spiro atoms. The van der Waals surface area contributed by atoms with Gasteiger partial charge in [-0.2, -0.15) is 0 Å². The van der Waals surface area contributed by atoms with Crippen molar-refractivity contribution in [1.29, 1.82) is 0 Å². The van der Waals surface area contributed by atoms with Crippen molar-refractivity contribution < 1.29 is 9.72 Å². The van der Waals surface area contributed by atoms with E-state index in [0.29, 0.717) is 42.0 Å². The number of nitro groups is 1. The Morgan fingerprint density at radius 3 is 2.76 bits per heavy atom. The second kappa shape index (κ2) is 7.63. The van der Waals surface area contributed by atoms with Crippen LogP contribution in [0, 0.1) is 17.0 Å². The highest BCUT2D eigenvalue weighted by Crippen LogP contribution is 2.33. The number of nitro benzene ring substituents is 1. The number of amides is 1. The lowest BCUT2D eigenvalue weighted by atomic mass is 10.0. The van der Waals surface area contributed by atoms with E-state index >= 15 is 0 Å². The number of hydrogen-bond acceptors (Lipinski definition) is 7. The summed E-state index contributed by atoms with van der Waals surface area (Å²) in [4.78, 5) is 45.6. The van der Waals surface area contributed by atoms with Gasteiger partial charge in [0.2, 0.25) is 0 Å². The number of nitrogens with one attached hydrogen (secondary N) is 2. The third-order valence-corrected chi connectivity index (χ3v) is 6.07. The van der Waals surface area contributed by atoms with Crippen LogP contribution in [0.5, 0.6) is 0 Å². The predicted molar refractivity (Wildman–Crippen MR) is 111 cm³/mol. The van der Waals surface area contributed by atoms with E-state index in [4.69, 9.17) is 0 Å². The summed E-state index contributed by atoms with van der Waals surface area (Å²) >= 11 is 1.46. The van der Waals surface area contributed by atoms with Crippen molar-refractivity contribution in [2.24, 2.45) is 0 Å². The van der Waals surface area contributed by atoms with E-state index in [2.05, 4.69) is 15.3 Å². The van der Waals surface area contributed by atoms with Crippen LogP contribution >= 0.6 is 11.3 Å². The zero-order valence-corrected chi connectivity index (χ0v) is 16.5. The Bertz CT molecular complexity index is 1150. The minimum atomic E-state index is -0.478. The maximum absolute atomic E-state index is 12.4. The first-order valence-corrected chi connectivity index (χ1v) is 10.0. The molecule has 9 nitrogen and oxygen atoms in total. The topological polar surface area (TPSA) is 121 Å². The molecule has 0 bridgehead atoms. The van der Waals surface area contributed by atoms with Crippen molar-refractivity contribution in [2.45, 2.75) is 25.8 Å². The van der Waals surface area contributed by atoms with Gasteiger partial charge in [-0.25, -0.2) is 4.98 Å². The second-order valence-corrected chi connectivity index (χ2v) is 8.28. The quantitative estimate of drug-likeness (QED) is 0.501. The van der Waals surface area contributed by atoms with Crippen molar-refractivity contribution in [1.82, 2.24) is 15.3 Å². The molecule has 1 aromatic carbocycles. The van der Waals surface area contributed by atoms with Gasteiger partial charge in [-0.1, -0.05) is 0 Å². The third kappa shape index (κ3) is 3.83. The van der Waals surface area contributed by atoms with Gasteiger partial charge in [0.1, 0.15) is 5.69 Å². The third-order valence-electron chi connectivity index (χ3n) is 5.07. The number of nitrogens with zero attached hydrogens (tertiary/aromatic N) is 3. The van der Waals surface area contributed by atoms with Gasteiger partial charge < -0.3 is 15.2 Å². The number of hydrogen-bond donors (Lipinski definition) is 2. The van der Waals surface area contributed by atoms with Gasteiger partial charge >= 0.3 is 0 Å². The summed E-state index contributed by atoms with van der Waals surface area (Å²) in [5.74, 6) is -0.0818.